The first kappa shape index (κ1) is 13.7. The van der Waals surface area contributed by atoms with Crippen LogP contribution >= 0.6 is 0 Å². The number of carbonyl (C=O) groups excluding carboxylic acids is 2. The van der Waals surface area contributed by atoms with Crippen molar-refractivity contribution in [1.29, 1.82) is 0 Å². The van der Waals surface area contributed by atoms with Gasteiger partial charge in [0, 0.05) is 0 Å². The van der Waals surface area contributed by atoms with Gasteiger partial charge in [0.25, 0.3) is 0 Å². The lowest BCUT2D eigenvalue weighted by Crippen LogP contribution is -2.52. The highest BCUT2D eigenvalue weighted by atomic mass is 19.3. The van der Waals surface area contributed by atoms with E-state index in [1.54, 1.807) is 0 Å². The summed E-state index contributed by atoms with van der Waals surface area (Å²) in [5.41, 5.74) is 4.48. The van der Waals surface area contributed by atoms with Crippen LogP contribution in [0.1, 0.15) is 0 Å². The molecule has 0 aromatic heterocycles. The third kappa shape index (κ3) is 3.38. The van der Waals surface area contributed by atoms with E-state index in [-0.39, 0.29) is 0 Å². The largest absolute Gasteiger partial charge is 0.437 e. The van der Waals surface area contributed by atoms with E-state index in [9.17, 15) is 18.5 Å². The van der Waals surface area contributed by atoms with E-state index in [0.29, 0.717) is 0 Å². The molecule has 0 saturated heterocycles. The molecule has 3 atom stereocenters. The Labute approximate surface area is 82.3 Å². The van der Waals surface area contributed by atoms with Gasteiger partial charge in [-0.1, -0.05) is 0 Å². The number of hydrogen-bond donors (Lipinski definition) is 3. The highest BCUT2D eigenvalue weighted by molar-refractivity contribution is 5.67. The molecule has 0 saturated carbocycles. The summed E-state index contributed by atoms with van der Waals surface area (Å²) in [4.78, 5) is 23.0. The van der Waals surface area contributed by atoms with Gasteiger partial charge < -0.3 is 20.7 Å². The van der Waals surface area contributed by atoms with Crippen LogP contribution in [0.15, 0.2) is 0 Å². The maximum atomic E-state index is 13.1. The van der Waals surface area contributed by atoms with Crippen molar-refractivity contribution in [2.45, 2.75) is 18.1 Å². The summed E-state index contributed by atoms with van der Waals surface area (Å²) in [6.07, 6.45) is -6.72. The van der Waals surface area contributed by atoms with E-state index >= 15 is 0 Å². The highest BCUT2D eigenvalue weighted by Crippen LogP contribution is 2.22. The van der Waals surface area contributed by atoms with Crippen molar-refractivity contribution in [2.75, 3.05) is 6.61 Å². The average molecular weight is 229 g/mol. The summed E-state index contributed by atoms with van der Waals surface area (Å²) in [6.45, 7) is -1.10. The predicted molar refractivity (Wildman–Crippen MR) is 39.6 cm³/mol. The molecule has 0 aliphatic carbocycles. The van der Waals surface area contributed by atoms with Gasteiger partial charge in [-0.15, -0.1) is 4.94 Å². The number of aliphatic hydroxyl groups excluding tert-OH is 2. The smallest absolute Gasteiger partial charge is 0.405 e. The number of hydrogen-bond acceptors (Lipinski definition) is 6. The maximum Gasteiger partial charge on any atom is 0.405 e. The molecule has 88 valence electrons. The first-order chi connectivity index (χ1) is 6.91. The number of alkyl halides is 1. The van der Waals surface area contributed by atoms with Gasteiger partial charge in [0.05, 0.1) is 6.61 Å². The summed E-state index contributed by atoms with van der Waals surface area (Å²) in [7, 11) is 0. The molecule has 0 rings (SSSR count). The minimum absolute atomic E-state index is 0.681. The lowest BCUT2D eigenvalue weighted by atomic mass is 10.1. The predicted octanol–water partition coefficient (Wildman–Crippen LogP) is -1.43. The molecule has 0 radical (unpaired) electrons. The number of nitrogens with two attached hydrogens (primary N) is 1. The van der Waals surface area contributed by atoms with Gasteiger partial charge in [-0.05, 0) is 4.53 Å². The first-order valence-corrected chi connectivity index (χ1v) is 3.61. The van der Waals surface area contributed by atoms with Crippen molar-refractivity contribution >= 4 is 12.4 Å². The van der Waals surface area contributed by atoms with Crippen LogP contribution in [0.4, 0.5) is 13.7 Å². The normalized spacial score (nSPS) is 18.7. The Hall–Kier alpha value is -1.32. The lowest BCUT2D eigenvalue weighted by molar-refractivity contribution is -0.311. The Morgan fingerprint density at radius 3 is 2.47 bits per heavy atom. The fourth-order valence-corrected chi connectivity index (χ4v) is 0.771. The second kappa shape index (κ2) is 5.53. The van der Waals surface area contributed by atoms with E-state index < -0.39 is 37.0 Å². The fraction of sp³-hybridized carbons (Fsp3) is 0.667. The summed E-state index contributed by atoms with van der Waals surface area (Å²) >= 11 is 0. The molecular weight excluding hydrogens is 220 g/mol. The summed E-state index contributed by atoms with van der Waals surface area (Å²) in [5.74, 6) is -3.73. The van der Waals surface area contributed by atoms with Gasteiger partial charge in [0.2, 0.25) is 6.10 Å². The summed E-state index contributed by atoms with van der Waals surface area (Å²) in [6, 6.07) is 0. The zero-order valence-electron chi connectivity index (χ0n) is 7.30. The van der Waals surface area contributed by atoms with Crippen molar-refractivity contribution in [2.24, 2.45) is 5.73 Å². The van der Waals surface area contributed by atoms with Gasteiger partial charge in [0.15, 0.2) is 6.29 Å². The molecule has 9 heteroatoms. The monoisotopic (exact) mass is 229 g/mol. The number of aliphatic hydroxyl groups is 2. The van der Waals surface area contributed by atoms with Crippen LogP contribution in [0.3, 0.4) is 0 Å². The second-order valence-electron chi connectivity index (χ2n) is 2.50. The topological polar surface area (TPSA) is 119 Å². The Morgan fingerprint density at radius 1 is 1.67 bits per heavy atom. The minimum atomic E-state index is -3.73. The van der Waals surface area contributed by atoms with E-state index in [4.69, 9.17) is 10.2 Å². The maximum absolute atomic E-state index is 13.1. The molecule has 0 heterocycles. The fourth-order valence-electron chi connectivity index (χ4n) is 0.771. The second-order valence-corrected chi connectivity index (χ2v) is 2.50. The molecule has 7 nitrogen and oxygen atoms in total. The Balaban J connectivity index is 4.89. The van der Waals surface area contributed by atoms with Crippen molar-refractivity contribution in [1.82, 2.24) is 0 Å². The third-order valence-corrected chi connectivity index (χ3v) is 1.45. The molecule has 0 fully saturated rings. The molecule has 1 amide bonds. The van der Waals surface area contributed by atoms with Crippen molar-refractivity contribution < 1.29 is 38.4 Å². The number of ether oxygens (including phenoxy) is 1. The van der Waals surface area contributed by atoms with Gasteiger partial charge in [-0.25, -0.2) is 4.79 Å². The Kier molecular flexibility index (Phi) is 5.05. The Bertz CT molecular complexity index is 240. The van der Waals surface area contributed by atoms with E-state index in [1.165, 1.54) is 0 Å². The van der Waals surface area contributed by atoms with Crippen molar-refractivity contribution in [3.05, 3.63) is 0 Å². The molecular formula is C6H9F2NO6. The molecule has 0 aliphatic heterocycles. The highest BCUT2D eigenvalue weighted by Gasteiger charge is 2.49. The number of rotatable bonds is 6. The molecule has 15 heavy (non-hydrogen) atoms. The van der Waals surface area contributed by atoms with Crippen LogP contribution in [0.2, 0.25) is 0 Å². The minimum Gasteiger partial charge on any atom is -0.437 e. The number of amides is 1. The van der Waals surface area contributed by atoms with E-state index in [1.807, 2.05) is 0 Å². The molecule has 0 spiro atoms. The van der Waals surface area contributed by atoms with Crippen molar-refractivity contribution in [3.8, 4) is 0 Å². The lowest BCUT2D eigenvalue weighted by Gasteiger charge is -2.27. The standard InChI is InChI=1S/C6H9F2NO6/c7-6(2-11,15-8)4(3(12)1-10)14-5(9)13/h2-4,10,12H,1H2,(H2,9,13)/t3-,4-,6-/m1/s1. The molecule has 0 bridgehead atoms. The van der Waals surface area contributed by atoms with Gasteiger partial charge in [-0.3, -0.25) is 4.79 Å². The number of primary amides is 1. The zero-order valence-corrected chi connectivity index (χ0v) is 7.30. The third-order valence-electron chi connectivity index (χ3n) is 1.45. The van der Waals surface area contributed by atoms with Gasteiger partial charge in [-0.2, -0.15) is 4.39 Å². The molecule has 0 unspecified atom stereocenters. The van der Waals surface area contributed by atoms with Crippen molar-refractivity contribution in [3.63, 3.8) is 0 Å². The van der Waals surface area contributed by atoms with Gasteiger partial charge >= 0.3 is 11.9 Å². The first-order valence-electron chi connectivity index (χ1n) is 3.61. The van der Waals surface area contributed by atoms with Crippen LogP contribution in [0, 0.1) is 0 Å². The summed E-state index contributed by atoms with van der Waals surface area (Å²) < 4.78 is 28.8. The Morgan fingerprint density at radius 2 is 2.20 bits per heavy atom. The van der Waals surface area contributed by atoms with Crippen LogP contribution < -0.4 is 5.73 Å². The van der Waals surface area contributed by atoms with Crippen LogP contribution in [0.25, 0.3) is 0 Å². The number of halogens is 2. The summed E-state index contributed by atoms with van der Waals surface area (Å²) in [5, 5.41) is 17.4. The van der Waals surface area contributed by atoms with Gasteiger partial charge in [0.1, 0.15) is 6.10 Å². The molecule has 0 aromatic carbocycles. The van der Waals surface area contributed by atoms with E-state index in [0.717, 1.165) is 0 Å². The van der Waals surface area contributed by atoms with Crippen LogP contribution in [-0.4, -0.2) is 47.3 Å². The molecule has 0 aliphatic rings. The molecule has 0 aromatic rings. The average Bonchev–Trinajstić information content (AvgIpc) is 2.23. The quantitative estimate of drug-likeness (QED) is 0.480. The van der Waals surface area contributed by atoms with Crippen LogP contribution in [-0.2, 0) is 14.5 Å². The SMILES string of the molecule is NC(=O)O[C@H]([C@H](O)CO)[C@@](F)(C=O)OF. The van der Waals surface area contributed by atoms with Crippen LogP contribution in [0.5, 0.6) is 0 Å². The zero-order chi connectivity index (χ0) is 12.1. The molecule has 4 N–H and O–H groups in total. The van der Waals surface area contributed by atoms with E-state index in [2.05, 4.69) is 15.4 Å². The number of aldehydes is 1. The number of carbonyl (C=O) groups is 2.